The van der Waals surface area contributed by atoms with Gasteiger partial charge in [0.05, 0.1) is 12.8 Å². The van der Waals surface area contributed by atoms with E-state index in [-0.39, 0.29) is 0 Å². The molecule has 0 spiro atoms. The lowest BCUT2D eigenvalue weighted by atomic mass is 10.2. The maximum atomic E-state index is 5.99. The summed E-state index contributed by atoms with van der Waals surface area (Å²) in [5.74, 6) is 1.49. The number of hydrogen-bond donors (Lipinski definition) is 1. The number of anilines is 1. The number of rotatable bonds is 5. The van der Waals surface area contributed by atoms with Crippen LogP contribution in [0.1, 0.15) is 25.6 Å². The van der Waals surface area contributed by atoms with Crippen molar-refractivity contribution < 1.29 is 9.47 Å². The van der Waals surface area contributed by atoms with Gasteiger partial charge in [-0.05, 0) is 50.2 Å². The first-order valence-corrected chi connectivity index (χ1v) is 7.75. The van der Waals surface area contributed by atoms with Crippen LogP contribution in [0.5, 0.6) is 11.5 Å². The second kappa shape index (κ2) is 6.24. The van der Waals surface area contributed by atoms with E-state index >= 15 is 0 Å². The SMILES string of the molecule is COc1ccccc1OCc1cc2cc(N)ccc2n1C(C)C. The van der Waals surface area contributed by atoms with Crippen molar-refractivity contribution >= 4 is 16.6 Å². The molecule has 4 nitrogen and oxygen atoms in total. The normalized spacial score (nSPS) is 11.1. The molecule has 0 radical (unpaired) electrons. The van der Waals surface area contributed by atoms with E-state index in [1.54, 1.807) is 7.11 Å². The van der Waals surface area contributed by atoms with Crippen molar-refractivity contribution in [1.82, 2.24) is 4.57 Å². The summed E-state index contributed by atoms with van der Waals surface area (Å²) < 4.78 is 13.6. The lowest BCUT2D eigenvalue weighted by Crippen LogP contribution is -2.08. The van der Waals surface area contributed by atoms with Gasteiger partial charge in [-0.1, -0.05) is 12.1 Å². The van der Waals surface area contributed by atoms with Gasteiger partial charge in [-0.3, -0.25) is 0 Å². The Hall–Kier alpha value is -2.62. The summed E-state index contributed by atoms with van der Waals surface area (Å²) in [5.41, 5.74) is 8.97. The molecular formula is C19H22N2O2. The highest BCUT2D eigenvalue weighted by Crippen LogP contribution is 2.29. The summed E-state index contributed by atoms with van der Waals surface area (Å²) in [5, 5.41) is 1.14. The van der Waals surface area contributed by atoms with E-state index in [1.807, 2.05) is 36.4 Å². The summed E-state index contributed by atoms with van der Waals surface area (Å²) in [6.45, 7) is 4.82. The van der Waals surface area contributed by atoms with Gasteiger partial charge in [-0.2, -0.15) is 0 Å². The van der Waals surface area contributed by atoms with Crippen LogP contribution in [-0.4, -0.2) is 11.7 Å². The molecule has 120 valence electrons. The number of nitrogens with zero attached hydrogens (tertiary/aromatic N) is 1. The van der Waals surface area contributed by atoms with E-state index in [1.165, 1.54) is 5.52 Å². The molecule has 0 fully saturated rings. The molecule has 1 heterocycles. The van der Waals surface area contributed by atoms with E-state index in [0.717, 1.165) is 28.3 Å². The van der Waals surface area contributed by atoms with Crippen LogP contribution in [0.15, 0.2) is 48.5 Å². The number of benzene rings is 2. The number of nitrogens with two attached hydrogens (primary N) is 1. The van der Waals surface area contributed by atoms with E-state index in [0.29, 0.717) is 12.6 Å². The molecule has 0 aliphatic rings. The number of para-hydroxylation sites is 2. The van der Waals surface area contributed by atoms with Gasteiger partial charge in [0.15, 0.2) is 11.5 Å². The first-order chi connectivity index (χ1) is 11.1. The molecule has 23 heavy (non-hydrogen) atoms. The second-order valence-corrected chi connectivity index (χ2v) is 5.86. The van der Waals surface area contributed by atoms with Crippen molar-refractivity contribution in [3.8, 4) is 11.5 Å². The standard InChI is InChI=1S/C19H22N2O2/c1-13(2)21-16(11-14-10-15(20)8-9-17(14)21)12-23-19-7-5-4-6-18(19)22-3/h4-11,13H,12,20H2,1-3H3. The van der Waals surface area contributed by atoms with Crippen LogP contribution in [0.3, 0.4) is 0 Å². The summed E-state index contributed by atoms with van der Waals surface area (Å²) in [7, 11) is 1.65. The van der Waals surface area contributed by atoms with Gasteiger partial charge in [0.25, 0.3) is 0 Å². The van der Waals surface area contributed by atoms with E-state index in [4.69, 9.17) is 15.2 Å². The molecule has 0 bridgehead atoms. The maximum Gasteiger partial charge on any atom is 0.161 e. The Morgan fingerprint density at radius 1 is 1.04 bits per heavy atom. The minimum atomic E-state index is 0.340. The van der Waals surface area contributed by atoms with Gasteiger partial charge in [-0.25, -0.2) is 0 Å². The Bertz CT molecular complexity index is 821. The number of nitrogen functional groups attached to an aromatic ring is 1. The molecule has 3 rings (SSSR count). The van der Waals surface area contributed by atoms with Gasteiger partial charge >= 0.3 is 0 Å². The molecule has 3 aromatic rings. The lowest BCUT2D eigenvalue weighted by molar-refractivity contribution is 0.274. The molecule has 0 atom stereocenters. The van der Waals surface area contributed by atoms with E-state index in [9.17, 15) is 0 Å². The van der Waals surface area contributed by atoms with E-state index in [2.05, 4.69) is 30.5 Å². The summed E-state index contributed by atoms with van der Waals surface area (Å²) >= 11 is 0. The third-order valence-electron chi connectivity index (χ3n) is 3.90. The monoisotopic (exact) mass is 310 g/mol. The largest absolute Gasteiger partial charge is 0.493 e. The van der Waals surface area contributed by atoms with Gasteiger partial charge < -0.3 is 19.8 Å². The molecule has 0 saturated heterocycles. The first kappa shape index (κ1) is 15.3. The highest BCUT2D eigenvalue weighted by molar-refractivity contribution is 5.84. The highest BCUT2D eigenvalue weighted by Gasteiger charge is 2.13. The predicted molar refractivity (Wildman–Crippen MR) is 94.1 cm³/mol. The number of fused-ring (bicyclic) bond motifs is 1. The third-order valence-corrected chi connectivity index (χ3v) is 3.90. The fourth-order valence-electron chi connectivity index (χ4n) is 2.92. The minimum Gasteiger partial charge on any atom is -0.493 e. The zero-order valence-electron chi connectivity index (χ0n) is 13.7. The molecule has 0 amide bonds. The average Bonchev–Trinajstić information content (AvgIpc) is 2.90. The zero-order chi connectivity index (χ0) is 16.4. The molecule has 2 N–H and O–H groups in total. The van der Waals surface area contributed by atoms with Crippen LogP contribution in [0.25, 0.3) is 10.9 Å². The number of methoxy groups -OCH3 is 1. The third kappa shape index (κ3) is 2.97. The Kier molecular flexibility index (Phi) is 4.15. The predicted octanol–water partition coefficient (Wildman–Crippen LogP) is 4.39. The lowest BCUT2D eigenvalue weighted by Gasteiger charge is -2.16. The number of ether oxygens (including phenoxy) is 2. The van der Waals surface area contributed by atoms with Crippen LogP contribution < -0.4 is 15.2 Å². The van der Waals surface area contributed by atoms with Crippen LogP contribution in [0, 0.1) is 0 Å². The van der Waals surface area contributed by atoms with E-state index < -0.39 is 0 Å². The highest BCUT2D eigenvalue weighted by atomic mass is 16.5. The number of aromatic nitrogens is 1. The van der Waals surface area contributed by atoms with Crippen LogP contribution in [-0.2, 0) is 6.61 Å². The Morgan fingerprint density at radius 2 is 1.78 bits per heavy atom. The topological polar surface area (TPSA) is 49.4 Å². The van der Waals surface area contributed by atoms with Gasteiger partial charge in [0.1, 0.15) is 6.61 Å². The first-order valence-electron chi connectivity index (χ1n) is 7.75. The Balaban J connectivity index is 1.94. The molecular weight excluding hydrogens is 288 g/mol. The fourth-order valence-corrected chi connectivity index (χ4v) is 2.92. The fraction of sp³-hybridized carbons (Fsp3) is 0.263. The van der Waals surface area contributed by atoms with Gasteiger partial charge in [-0.15, -0.1) is 0 Å². The molecule has 0 unspecified atom stereocenters. The van der Waals surface area contributed by atoms with Gasteiger partial charge in [0, 0.05) is 22.6 Å². The van der Waals surface area contributed by atoms with Crippen LogP contribution >= 0.6 is 0 Å². The minimum absolute atomic E-state index is 0.340. The summed E-state index contributed by atoms with van der Waals surface area (Å²) in [6.07, 6.45) is 0. The van der Waals surface area contributed by atoms with Gasteiger partial charge in [0.2, 0.25) is 0 Å². The zero-order valence-corrected chi connectivity index (χ0v) is 13.7. The molecule has 0 aliphatic carbocycles. The quantitative estimate of drug-likeness (QED) is 0.711. The van der Waals surface area contributed by atoms with Crippen molar-refractivity contribution in [2.45, 2.75) is 26.5 Å². The second-order valence-electron chi connectivity index (χ2n) is 5.86. The summed E-state index contributed by atoms with van der Waals surface area (Å²) in [4.78, 5) is 0. The van der Waals surface area contributed by atoms with Crippen LogP contribution in [0.4, 0.5) is 5.69 Å². The van der Waals surface area contributed by atoms with Crippen molar-refractivity contribution in [2.24, 2.45) is 0 Å². The molecule has 1 aromatic heterocycles. The Morgan fingerprint density at radius 3 is 2.48 bits per heavy atom. The average molecular weight is 310 g/mol. The molecule has 0 saturated carbocycles. The molecule has 2 aromatic carbocycles. The molecule has 4 heteroatoms. The summed E-state index contributed by atoms with van der Waals surface area (Å²) in [6, 6.07) is 16.2. The smallest absolute Gasteiger partial charge is 0.161 e. The van der Waals surface area contributed by atoms with Crippen molar-refractivity contribution in [2.75, 3.05) is 12.8 Å². The number of hydrogen-bond acceptors (Lipinski definition) is 3. The Labute approximate surface area is 136 Å². The van der Waals surface area contributed by atoms with Crippen molar-refractivity contribution in [1.29, 1.82) is 0 Å². The van der Waals surface area contributed by atoms with Crippen LogP contribution in [0.2, 0.25) is 0 Å². The maximum absolute atomic E-state index is 5.99. The molecule has 0 aliphatic heterocycles. The van der Waals surface area contributed by atoms with Crippen molar-refractivity contribution in [3.63, 3.8) is 0 Å². The van der Waals surface area contributed by atoms with Crippen molar-refractivity contribution in [3.05, 3.63) is 54.2 Å².